The van der Waals surface area contributed by atoms with Crippen molar-refractivity contribution in [3.05, 3.63) is 75.8 Å². The summed E-state index contributed by atoms with van der Waals surface area (Å²) in [6, 6.07) is 16.7. The number of carbonyl (C=O) groups excluding carboxylic acids is 1. The highest BCUT2D eigenvalue weighted by molar-refractivity contribution is 9.10. The number of carboxylic acid groups (broad SMARTS) is 1. The van der Waals surface area contributed by atoms with Gasteiger partial charge in [-0.1, -0.05) is 46.3 Å². The predicted molar refractivity (Wildman–Crippen MR) is 113 cm³/mol. The van der Waals surface area contributed by atoms with Crippen LogP contribution in [-0.4, -0.2) is 17.0 Å². The molecule has 0 fully saturated rings. The predicted octanol–water partition coefficient (Wildman–Crippen LogP) is 5.80. The van der Waals surface area contributed by atoms with E-state index < -0.39 is 5.97 Å². The molecule has 0 aliphatic carbocycles. The fraction of sp³-hybridized carbons (Fsp3) is 0.0476. The summed E-state index contributed by atoms with van der Waals surface area (Å²) >= 11 is 4.65. The second-order valence-electron chi connectivity index (χ2n) is 6.14. The summed E-state index contributed by atoms with van der Waals surface area (Å²) in [6.45, 7) is 0. The molecule has 4 aromatic rings. The molecule has 1 amide bonds. The normalized spacial score (nSPS) is 10.9. The van der Waals surface area contributed by atoms with Crippen molar-refractivity contribution in [2.24, 2.45) is 0 Å². The van der Waals surface area contributed by atoms with Gasteiger partial charge in [0.05, 0.1) is 17.0 Å². The minimum Gasteiger partial charge on any atom is -0.478 e. The Bertz CT molecular complexity index is 1140. The van der Waals surface area contributed by atoms with Gasteiger partial charge in [-0.25, -0.2) is 4.79 Å². The molecule has 2 aromatic carbocycles. The molecule has 0 radical (unpaired) electrons. The first kappa shape index (κ1) is 18.5. The molecular formula is C21H14BrNO4S. The highest BCUT2D eigenvalue weighted by atomic mass is 79.9. The summed E-state index contributed by atoms with van der Waals surface area (Å²) in [5.41, 5.74) is 1.87. The van der Waals surface area contributed by atoms with E-state index in [1.807, 2.05) is 54.6 Å². The number of aromatic carboxylic acids is 1. The van der Waals surface area contributed by atoms with Crippen molar-refractivity contribution in [2.75, 3.05) is 5.32 Å². The maximum atomic E-state index is 12.5. The topological polar surface area (TPSA) is 79.5 Å². The Morgan fingerprint density at radius 1 is 1.11 bits per heavy atom. The SMILES string of the molecule is O=C(Cc1cc2ccccc2o1)Nc1csc(-c2ccc(Br)cc2)c1C(=O)O. The van der Waals surface area contributed by atoms with E-state index >= 15 is 0 Å². The number of rotatable bonds is 5. The standard InChI is InChI=1S/C21H14BrNO4S/c22-14-7-5-12(6-8-14)20-19(21(25)26)16(11-28-20)23-18(24)10-15-9-13-3-1-2-4-17(13)27-15/h1-9,11H,10H2,(H,23,24)(H,25,26). The molecule has 2 heterocycles. The summed E-state index contributed by atoms with van der Waals surface area (Å²) in [4.78, 5) is 24.9. The maximum Gasteiger partial charge on any atom is 0.339 e. The van der Waals surface area contributed by atoms with Gasteiger partial charge in [0.25, 0.3) is 0 Å². The van der Waals surface area contributed by atoms with Crippen LogP contribution in [0.1, 0.15) is 16.1 Å². The van der Waals surface area contributed by atoms with E-state index in [0.717, 1.165) is 15.4 Å². The van der Waals surface area contributed by atoms with Gasteiger partial charge >= 0.3 is 5.97 Å². The Morgan fingerprint density at radius 2 is 1.86 bits per heavy atom. The van der Waals surface area contributed by atoms with Crippen LogP contribution in [0.15, 0.2) is 68.9 Å². The van der Waals surface area contributed by atoms with Crippen LogP contribution in [0.3, 0.4) is 0 Å². The molecule has 0 saturated carbocycles. The number of fused-ring (bicyclic) bond motifs is 1. The summed E-state index contributed by atoms with van der Waals surface area (Å²) in [7, 11) is 0. The zero-order valence-corrected chi connectivity index (χ0v) is 16.8. The summed E-state index contributed by atoms with van der Waals surface area (Å²) < 4.78 is 6.57. The van der Waals surface area contributed by atoms with Crippen molar-refractivity contribution >= 4 is 55.8 Å². The molecule has 0 saturated heterocycles. The number of halogens is 1. The summed E-state index contributed by atoms with van der Waals surface area (Å²) in [6.07, 6.45) is 0.0250. The molecule has 140 valence electrons. The van der Waals surface area contributed by atoms with E-state index in [2.05, 4.69) is 21.2 Å². The fourth-order valence-electron chi connectivity index (χ4n) is 2.95. The minimum absolute atomic E-state index is 0.0250. The zero-order chi connectivity index (χ0) is 19.7. The van der Waals surface area contributed by atoms with Crippen LogP contribution in [0.5, 0.6) is 0 Å². The fourth-order valence-corrected chi connectivity index (χ4v) is 4.22. The number of nitrogens with one attached hydrogen (secondary N) is 1. The van der Waals surface area contributed by atoms with Gasteiger partial charge in [-0.15, -0.1) is 11.3 Å². The molecule has 0 bridgehead atoms. The van der Waals surface area contributed by atoms with E-state index in [0.29, 0.717) is 16.2 Å². The molecule has 5 nitrogen and oxygen atoms in total. The van der Waals surface area contributed by atoms with Gasteiger partial charge in [-0.05, 0) is 29.8 Å². The van der Waals surface area contributed by atoms with Gasteiger partial charge in [0.15, 0.2) is 0 Å². The third kappa shape index (κ3) is 3.72. The number of para-hydroxylation sites is 1. The van der Waals surface area contributed by atoms with Gasteiger partial charge < -0.3 is 14.8 Å². The van der Waals surface area contributed by atoms with Gasteiger partial charge in [0, 0.05) is 15.2 Å². The lowest BCUT2D eigenvalue weighted by atomic mass is 10.1. The minimum atomic E-state index is -1.08. The first-order valence-electron chi connectivity index (χ1n) is 8.39. The van der Waals surface area contributed by atoms with Crippen molar-refractivity contribution in [1.29, 1.82) is 0 Å². The van der Waals surface area contributed by atoms with Crippen LogP contribution < -0.4 is 5.32 Å². The molecular weight excluding hydrogens is 442 g/mol. The maximum absolute atomic E-state index is 12.5. The zero-order valence-electron chi connectivity index (χ0n) is 14.4. The number of hydrogen-bond acceptors (Lipinski definition) is 4. The number of carboxylic acids is 1. The first-order chi connectivity index (χ1) is 13.5. The summed E-state index contributed by atoms with van der Waals surface area (Å²) in [5, 5.41) is 15.0. The van der Waals surface area contributed by atoms with E-state index in [9.17, 15) is 14.7 Å². The van der Waals surface area contributed by atoms with Crippen molar-refractivity contribution in [3.63, 3.8) is 0 Å². The highest BCUT2D eigenvalue weighted by Gasteiger charge is 2.21. The van der Waals surface area contributed by atoms with Gasteiger partial charge in [0.1, 0.15) is 16.9 Å². The van der Waals surface area contributed by atoms with Crippen LogP contribution in [0, 0.1) is 0 Å². The number of thiophene rings is 1. The number of hydrogen-bond donors (Lipinski definition) is 2. The molecule has 0 aliphatic heterocycles. The molecule has 0 atom stereocenters. The first-order valence-corrected chi connectivity index (χ1v) is 10.1. The van der Waals surface area contributed by atoms with Crippen molar-refractivity contribution in [3.8, 4) is 10.4 Å². The monoisotopic (exact) mass is 455 g/mol. The lowest BCUT2D eigenvalue weighted by Crippen LogP contribution is -2.15. The smallest absolute Gasteiger partial charge is 0.339 e. The van der Waals surface area contributed by atoms with Crippen LogP contribution in [0.2, 0.25) is 0 Å². The van der Waals surface area contributed by atoms with Crippen molar-refractivity contribution < 1.29 is 19.1 Å². The molecule has 2 aromatic heterocycles. The quantitative estimate of drug-likeness (QED) is 0.398. The van der Waals surface area contributed by atoms with Crippen molar-refractivity contribution in [1.82, 2.24) is 0 Å². The Kier molecular flexibility index (Phi) is 5.02. The third-order valence-corrected chi connectivity index (χ3v) is 5.75. The Balaban J connectivity index is 1.57. The molecule has 0 spiro atoms. The molecule has 0 aliphatic rings. The number of anilines is 1. The summed E-state index contributed by atoms with van der Waals surface area (Å²) in [5.74, 6) is -0.890. The van der Waals surface area contributed by atoms with Crippen LogP contribution in [0.25, 0.3) is 21.4 Å². The van der Waals surface area contributed by atoms with E-state index in [-0.39, 0.29) is 23.6 Å². The number of furan rings is 1. The van der Waals surface area contributed by atoms with Crippen LogP contribution in [-0.2, 0) is 11.2 Å². The lowest BCUT2D eigenvalue weighted by molar-refractivity contribution is -0.115. The molecule has 0 unspecified atom stereocenters. The third-order valence-electron chi connectivity index (χ3n) is 4.20. The number of amides is 1. The van der Waals surface area contributed by atoms with Gasteiger partial charge in [-0.2, -0.15) is 0 Å². The molecule has 7 heteroatoms. The van der Waals surface area contributed by atoms with E-state index in [4.69, 9.17) is 4.42 Å². The van der Waals surface area contributed by atoms with Crippen LogP contribution in [0.4, 0.5) is 5.69 Å². The Labute approximate surface area is 172 Å². The van der Waals surface area contributed by atoms with Gasteiger partial charge in [0.2, 0.25) is 5.91 Å². The van der Waals surface area contributed by atoms with E-state index in [1.165, 1.54) is 11.3 Å². The molecule has 2 N–H and O–H groups in total. The second kappa shape index (κ2) is 7.61. The second-order valence-corrected chi connectivity index (χ2v) is 7.94. The average Bonchev–Trinajstić information content (AvgIpc) is 3.25. The van der Waals surface area contributed by atoms with Crippen LogP contribution >= 0.6 is 27.3 Å². The highest BCUT2D eigenvalue weighted by Crippen LogP contribution is 2.36. The Hall–Kier alpha value is -2.90. The van der Waals surface area contributed by atoms with Gasteiger partial charge in [-0.3, -0.25) is 4.79 Å². The molecule has 4 rings (SSSR count). The van der Waals surface area contributed by atoms with Crippen molar-refractivity contribution in [2.45, 2.75) is 6.42 Å². The Morgan fingerprint density at radius 3 is 2.57 bits per heavy atom. The number of carbonyl (C=O) groups is 2. The number of benzene rings is 2. The molecule has 28 heavy (non-hydrogen) atoms. The average molecular weight is 456 g/mol. The van der Waals surface area contributed by atoms with E-state index in [1.54, 1.807) is 5.38 Å². The lowest BCUT2D eigenvalue weighted by Gasteiger charge is -2.05. The largest absolute Gasteiger partial charge is 0.478 e.